The molecule has 0 atom stereocenters. The fraction of sp³-hybridized carbons (Fsp3) is 0.727. The number of alkyl halides is 1. The molecule has 1 amide bonds. The monoisotopic (exact) mass is 393 g/mol. The van der Waals surface area contributed by atoms with E-state index in [2.05, 4.69) is 24.8 Å². The fourth-order valence-corrected chi connectivity index (χ4v) is 3.45. The number of piperidine rings is 1. The Bertz CT molecular complexity index is 637. The SMILES string of the molecule is CCCN(CCc1ccc(N2CCC(F)CC2)nc1CC)C(=O)OC(C)(C)C. The Hall–Kier alpha value is -1.85. The van der Waals surface area contributed by atoms with E-state index in [1.54, 1.807) is 4.90 Å². The van der Waals surface area contributed by atoms with Crippen LogP contribution in [0.2, 0.25) is 0 Å². The second-order valence-electron chi connectivity index (χ2n) is 8.51. The van der Waals surface area contributed by atoms with Crippen LogP contribution in [-0.4, -0.2) is 53.9 Å². The van der Waals surface area contributed by atoms with Gasteiger partial charge in [0.2, 0.25) is 0 Å². The van der Waals surface area contributed by atoms with Gasteiger partial charge in [-0.15, -0.1) is 0 Å². The molecule has 1 saturated heterocycles. The first kappa shape index (κ1) is 22.4. The summed E-state index contributed by atoms with van der Waals surface area (Å²) >= 11 is 0. The first-order valence-electron chi connectivity index (χ1n) is 10.6. The van der Waals surface area contributed by atoms with Crippen molar-refractivity contribution in [1.82, 2.24) is 9.88 Å². The molecule has 6 heteroatoms. The van der Waals surface area contributed by atoms with E-state index in [0.29, 0.717) is 25.9 Å². The number of halogens is 1. The van der Waals surface area contributed by atoms with Gasteiger partial charge in [0.1, 0.15) is 17.6 Å². The van der Waals surface area contributed by atoms with Crippen molar-refractivity contribution in [2.75, 3.05) is 31.1 Å². The molecule has 2 heterocycles. The maximum absolute atomic E-state index is 13.4. The third kappa shape index (κ3) is 6.64. The lowest BCUT2D eigenvalue weighted by Crippen LogP contribution is -2.38. The zero-order chi connectivity index (χ0) is 20.7. The molecule has 1 aromatic heterocycles. The topological polar surface area (TPSA) is 45.7 Å². The van der Waals surface area contributed by atoms with Crippen LogP contribution in [0.15, 0.2) is 12.1 Å². The molecule has 1 aliphatic rings. The van der Waals surface area contributed by atoms with Gasteiger partial charge in [0.15, 0.2) is 0 Å². The van der Waals surface area contributed by atoms with Gasteiger partial charge in [-0.3, -0.25) is 0 Å². The lowest BCUT2D eigenvalue weighted by Gasteiger charge is -2.30. The van der Waals surface area contributed by atoms with Crippen molar-refractivity contribution in [3.63, 3.8) is 0 Å². The Kier molecular flexibility index (Phi) is 8.08. The molecule has 0 N–H and O–H groups in total. The number of amides is 1. The van der Waals surface area contributed by atoms with Crippen molar-refractivity contribution in [2.45, 2.75) is 78.5 Å². The van der Waals surface area contributed by atoms with Gasteiger partial charge >= 0.3 is 6.09 Å². The van der Waals surface area contributed by atoms with Crippen molar-refractivity contribution in [3.05, 3.63) is 23.4 Å². The summed E-state index contributed by atoms with van der Waals surface area (Å²) in [5, 5.41) is 0. The number of carbonyl (C=O) groups is 1. The van der Waals surface area contributed by atoms with E-state index in [9.17, 15) is 9.18 Å². The second-order valence-corrected chi connectivity index (χ2v) is 8.51. The number of aromatic nitrogens is 1. The molecule has 158 valence electrons. The first-order valence-corrected chi connectivity index (χ1v) is 10.6. The molecule has 1 aliphatic heterocycles. The minimum Gasteiger partial charge on any atom is -0.444 e. The summed E-state index contributed by atoms with van der Waals surface area (Å²) < 4.78 is 18.9. The van der Waals surface area contributed by atoms with Crippen molar-refractivity contribution in [3.8, 4) is 0 Å². The molecule has 0 aliphatic carbocycles. The number of anilines is 1. The van der Waals surface area contributed by atoms with Gasteiger partial charge in [-0.2, -0.15) is 0 Å². The van der Waals surface area contributed by atoms with Crippen LogP contribution >= 0.6 is 0 Å². The molecule has 2 rings (SSSR count). The lowest BCUT2D eigenvalue weighted by molar-refractivity contribution is 0.0252. The highest BCUT2D eigenvalue weighted by Gasteiger charge is 2.23. The summed E-state index contributed by atoms with van der Waals surface area (Å²) in [5.41, 5.74) is 1.73. The molecule has 0 spiro atoms. The summed E-state index contributed by atoms with van der Waals surface area (Å²) in [6.07, 6.45) is 2.69. The number of rotatable bonds is 7. The van der Waals surface area contributed by atoms with Crippen LogP contribution in [0.25, 0.3) is 0 Å². The number of carbonyl (C=O) groups excluding carboxylic acids is 1. The molecule has 28 heavy (non-hydrogen) atoms. The molecular formula is C22H36FN3O2. The zero-order valence-electron chi connectivity index (χ0n) is 18.1. The maximum atomic E-state index is 13.4. The lowest BCUT2D eigenvalue weighted by atomic mass is 10.1. The Balaban J connectivity index is 2.04. The number of hydrogen-bond donors (Lipinski definition) is 0. The molecule has 5 nitrogen and oxygen atoms in total. The molecule has 0 saturated carbocycles. The Labute approximate surface area is 169 Å². The van der Waals surface area contributed by atoms with Crippen molar-refractivity contribution < 1.29 is 13.9 Å². The molecule has 0 radical (unpaired) electrons. The number of aryl methyl sites for hydroxylation is 1. The molecule has 1 aromatic rings. The van der Waals surface area contributed by atoms with Crippen LogP contribution in [0.1, 0.15) is 65.1 Å². The van der Waals surface area contributed by atoms with Crippen LogP contribution < -0.4 is 4.90 Å². The predicted molar refractivity (Wildman–Crippen MR) is 112 cm³/mol. The molecule has 0 aromatic carbocycles. The Morgan fingerprint density at radius 3 is 2.50 bits per heavy atom. The van der Waals surface area contributed by atoms with Gasteiger partial charge in [0, 0.05) is 31.9 Å². The van der Waals surface area contributed by atoms with Gasteiger partial charge < -0.3 is 14.5 Å². The van der Waals surface area contributed by atoms with E-state index in [0.717, 1.165) is 49.4 Å². The highest BCUT2D eigenvalue weighted by Crippen LogP contribution is 2.22. The summed E-state index contributed by atoms with van der Waals surface area (Å²) in [7, 11) is 0. The van der Waals surface area contributed by atoms with E-state index in [1.165, 1.54) is 0 Å². The van der Waals surface area contributed by atoms with Crippen LogP contribution in [0.3, 0.4) is 0 Å². The average Bonchev–Trinajstić information content (AvgIpc) is 2.64. The van der Waals surface area contributed by atoms with Gasteiger partial charge in [0.05, 0.1) is 0 Å². The summed E-state index contributed by atoms with van der Waals surface area (Å²) in [6, 6.07) is 4.15. The summed E-state index contributed by atoms with van der Waals surface area (Å²) in [4.78, 5) is 21.3. The van der Waals surface area contributed by atoms with Crippen molar-refractivity contribution in [2.24, 2.45) is 0 Å². The summed E-state index contributed by atoms with van der Waals surface area (Å²) in [5.74, 6) is 0.935. The van der Waals surface area contributed by atoms with Crippen molar-refractivity contribution >= 4 is 11.9 Å². The van der Waals surface area contributed by atoms with E-state index < -0.39 is 11.8 Å². The van der Waals surface area contributed by atoms with Gasteiger partial charge in [-0.25, -0.2) is 14.2 Å². The molecule has 0 unspecified atom stereocenters. The molecule has 0 bridgehead atoms. The third-order valence-corrected chi connectivity index (χ3v) is 4.93. The predicted octanol–water partition coefficient (Wildman–Crippen LogP) is 4.77. The largest absolute Gasteiger partial charge is 0.444 e. The standard InChI is InChI=1S/C22H36FN3O2/c1-6-13-26(21(27)28-22(3,4)5)14-10-17-8-9-20(24-19(17)7-2)25-15-11-18(23)12-16-25/h8-9,18H,6-7,10-16H2,1-5H3. The zero-order valence-corrected chi connectivity index (χ0v) is 18.1. The van der Waals surface area contributed by atoms with E-state index in [4.69, 9.17) is 9.72 Å². The number of hydrogen-bond acceptors (Lipinski definition) is 4. The minimum absolute atomic E-state index is 0.258. The highest BCUT2D eigenvalue weighted by molar-refractivity contribution is 5.68. The Morgan fingerprint density at radius 1 is 1.25 bits per heavy atom. The van der Waals surface area contributed by atoms with Gasteiger partial charge in [-0.05, 0) is 64.5 Å². The Morgan fingerprint density at radius 2 is 1.93 bits per heavy atom. The quantitative estimate of drug-likeness (QED) is 0.669. The number of nitrogens with zero attached hydrogens (tertiary/aromatic N) is 3. The van der Waals surface area contributed by atoms with Gasteiger partial charge in [0.25, 0.3) is 0 Å². The van der Waals surface area contributed by atoms with Crippen LogP contribution in [-0.2, 0) is 17.6 Å². The average molecular weight is 394 g/mol. The molecule has 1 fully saturated rings. The second kappa shape index (κ2) is 10.1. The van der Waals surface area contributed by atoms with Crippen LogP contribution in [0.5, 0.6) is 0 Å². The highest BCUT2D eigenvalue weighted by atomic mass is 19.1. The number of ether oxygens (including phenoxy) is 1. The van der Waals surface area contributed by atoms with Crippen LogP contribution in [0.4, 0.5) is 15.0 Å². The van der Waals surface area contributed by atoms with E-state index >= 15 is 0 Å². The van der Waals surface area contributed by atoms with E-state index in [1.807, 2.05) is 26.8 Å². The smallest absolute Gasteiger partial charge is 0.410 e. The minimum atomic E-state index is -0.682. The van der Waals surface area contributed by atoms with Crippen molar-refractivity contribution in [1.29, 1.82) is 0 Å². The maximum Gasteiger partial charge on any atom is 0.410 e. The first-order chi connectivity index (χ1) is 13.2. The number of pyridine rings is 1. The van der Waals surface area contributed by atoms with E-state index in [-0.39, 0.29) is 6.09 Å². The fourth-order valence-electron chi connectivity index (χ4n) is 3.45. The third-order valence-electron chi connectivity index (χ3n) is 4.93. The normalized spacial score (nSPS) is 15.6. The van der Waals surface area contributed by atoms with Crippen LogP contribution in [0, 0.1) is 0 Å². The summed E-state index contributed by atoms with van der Waals surface area (Å²) in [6.45, 7) is 12.6. The molecular weight excluding hydrogens is 357 g/mol. The van der Waals surface area contributed by atoms with Gasteiger partial charge in [-0.1, -0.05) is 19.9 Å².